The van der Waals surface area contributed by atoms with E-state index in [1.807, 2.05) is 31.2 Å². The van der Waals surface area contributed by atoms with Crippen LogP contribution in [0.25, 0.3) is 0 Å². The lowest BCUT2D eigenvalue weighted by Gasteiger charge is -2.30. The number of nitrogens with zero attached hydrogens (tertiary/aromatic N) is 1. The van der Waals surface area contributed by atoms with Crippen LogP contribution < -0.4 is 5.32 Å². The first-order chi connectivity index (χ1) is 8.63. The van der Waals surface area contributed by atoms with Gasteiger partial charge in [0.25, 0.3) is 0 Å². The number of carbonyl (C=O) groups excluding carboxylic acids is 1. The van der Waals surface area contributed by atoms with Crippen molar-refractivity contribution < 1.29 is 4.79 Å². The van der Waals surface area contributed by atoms with Gasteiger partial charge in [-0.25, -0.2) is 0 Å². The number of aryl methyl sites for hydroxylation is 1. The molecule has 3 heteroatoms. The molecule has 0 radical (unpaired) electrons. The molecule has 1 fully saturated rings. The minimum absolute atomic E-state index is 0.0907. The van der Waals surface area contributed by atoms with Crippen molar-refractivity contribution in [3.8, 4) is 0 Å². The number of anilines is 1. The van der Waals surface area contributed by atoms with E-state index in [4.69, 9.17) is 0 Å². The Morgan fingerprint density at radius 1 is 1.39 bits per heavy atom. The number of nitrogens with one attached hydrogen (secondary N) is 1. The molecule has 1 heterocycles. The summed E-state index contributed by atoms with van der Waals surface area (Å²) in [6.07, 6.45) is 2.50. The van der Waals surface area contributed by atoms with Crippen molar-refractivity contribution in [3.05, 3.63) is 29.8 Å². The van der Waals surface area contributed by atoms with Crippen LogP contribution in [-0.4, -0.2) is 30.4 Å². The molecule has 18 heavy (non-hydrogen) atoms. The monoisotopic (exact) mass is 246 g/mol. The van der Waals surface area contributed by atoms with Crippen molar-refractivity contribution in [1.29, 1.82) is 0 Å². The van der Waals surface area contributed by atoms with E-state index in [9.17, 15) is 4.79 Å². The van der Waals surface area contributed by atoms with Gasteiger partial charge in [0.15, 0.2) is 0 Å². The summed E-state index contributed by atoms with van der Waals surface area (Å²) in [6, 6.07) is 7.93. The zero-order valence-electron chi connectivity index (χ0n) is 11.3. The van der Waals surface area contributed by atoms with Gasteiger partial charge < -0.3 is 5.32 Å². The summed E-state index contributed by atoms with van der Waals surface area (Å²) < 4.78 is 0. The molecule has 98 valence electrons. The molecule has 0 spiro atoms. The van der Waals surface area contributed by atoms with E-state index in [1.54, 1.807) is 0 Å². The quantitative estimate of drug-likeness (QED) is 0.889. The second-order valence-electron chi connectivity index (χ2n) is 5.40. The van der Waals surface area contributed by atoms with Gasteiger partial charge in [-0.3, -0.25) is 9.69 Å². The third kappa shape index (κ3) is 3.84. The van der Waals surface area contributed by atoms with E-state index in [1.165, 1.54) is 18.4 Å². The van der Waals surface area contributed by atoms with Gasteiger partial charge >= 0.3 is 0 Å². The van der Waals surface area contributed by atoms with Crippen molar-refractivity contribution in [2.75, 3.05) is 25.0 Å². The Hall–Kier alpha value is -1.35. The number of hydrogen-bond donors (Lipinski definition) is 1. The second kappa shape index (κ2) is 6.01. The molecule has 1 aromatic rings. The van der Waals surface area contributed by atoms with Crippen LogP contribution in [0.5, 0.6) is 0 Å². The lowest BCUT2D eigenvalue weighted by Crippen LogP contribution is -2.39. The first-order valence-corrected chi connectivity index (χ1v) is 6.72. The highest BCUT2D eigenvalue weighted by molar-refractivity contribution is 5.92. The van der Waals surface area contributed by atoms with Gasteiger partial charge in [0.05, 0.1) is 6.54 Å². The lowest BCUT2D eigenvalue weighted by atomic mass is 10.0. The molecule has 0 aliphatic carbocycles. The summed E-state index contributed by atoms with van der Waals surface area (Å²) in [5.41, 5.74) is 2.09. The molecule has 0 aromatic heterocycles. The van der Waals surface area contributed by atoms with Gasteiger partial charge in [-0.2, -0.15) is 0 Å². The maximum Gasteiger partial charge on any atom is 0.238 e. The van der Waals surface area contributed by atoms with Gasteiger partial charge in [-0.1, -0.05) is 24.6 Å². The lowest BCUT2D eigenvalue weighted by molar-refractivity contribution is -0.117. The summed E-state index contributed by atoms with van der Waals surface area (Å²) in [7, 11) is 0. The van der Waals surface area contributed by atoms with Gasteiger partial charge in [0, 0.05) is 12.2 Å². The molecule has 0 saturated carbocycles. The summed E-state index contributed by atoms with van der Waals surface area (Å²) >= 11 is 0. The molecule has 1 aliphatic rings. The fourth-order valence-electron chi connectivity index (χ4n) is 2.47. The average Bonchev–Trinajstić information content (AvgIpc) is 2.32. The van der Waals surface area contributed by atoms with Crippen LogP contribution in [0, 0.1) is 12.8 Å². The molecule has 0 bridgehead atoms. The fourth-order valence-corrected chi connectivity index (χ4v) is 2.47. The van der Waals surface area contributed by atoms with Gasteiger partial charge in [-0.05, 0) is 44.4 Å². The summed E-state index contributed by atoms with van der Waals surface area (Å²) in [5.74, 6) is 0.805. The van der Waals surface area contributed by atoms with Crippen LogP contribution in [-0.2, 0) is 4.79 Å². The number of rotatable bonds is 3. The van der Waals surface area contributed by atoms with Crippen LogP contribution in [0.1, 0.15) is 25.3 Å². The molecular formula is C15H22N2O. The Kier molecular flexibility index (Phi) is 4.37. The predicted octanol–water partition coefficient (Wildman–Crippen LogP) is 2.67. The minimum Gasteiger partial charge on any atom is -0.325 e. The highest BCUT2D eigenvalue weighted by Crippen LogP contribution is 2.15. The maximum atomic E-state index is 11.9. The van der Waals surface area contributed by atoms with E-state index < -0.39 is 0 Å². The van der Waals surface area contributed by atoms with Crippen molar-refractivity contribution in [2.45, 2.75) is 26.7 Å². The molecule has 1 aliphatic heterocycles. The van der Waals surface area contributed by atoms with E-state index in [-0.39, 0.29) is 5.91 Å². The van der Waals surface area contributed by atoms with Crippen LogP contribution in [0.4, 0.5) is 5.69 Å². The molecule has 1 amide bonds. The van der Waals surface area contributed by atoms with E-state index >= 15 is 0 Å². The number of amides is 1. The van der Waals surface area contributed by atoms with Crippen LogP contribution in [0.15, 0.2) is 24.3 Å². The number of benzene rings is 1. The molecule has 1 saturated heterocycles. The van der Waals surface area contributed by atoms with Crippen molar-refractivity contribution in [3.63, 3.8) is 0 Å². The molecule has 3 nitrogen and oxygen atoms in total. The second-order valence-corrected chi connectivity index (χ2v) is 5.40. The van der Waals surface area contributed by atoms with E-state index in [0.29, 0.717) is 12.5 Å². The summed E-state index contributed by atoms with van der Waals surface area (Å²) in [6.45, 7) is 6.90. The smallest absolute Gasteiger partial charge is 0.238 e. The Balaban J connectivity index is 1.83. The normalized spacial score (nSPS) is 20.7. The Labute approximate surface area is 109 Å². The molecule has 1 aromatic carbocycles. The largest absolute Gasteiger partial charge is 0.325 e. The molecule has 1 N–H and O–H groups in total. The number of piperidine rings is 1. The predicted molar refractivity (Wildman–Crippen MR) is 74.6 cm³/mol. The van der Waals surface area contributed by atoms with Gasteiger partial charge in [0.1, 0.15) is 0 Å². The van der Waals surface area contributed by atoms with Gasteiger partial charge in [0.2, 0.25) is 5.91 Å². The highest BCUT2D eigenvalue weighted by Gasteiger charge is 2.18. The highest BCUT2D eigenvalue weighted by atomic mass is 16.2. The number of carbonyl (C=O) groups is 1. The first-order valence-electron chi connectivity index (χ1n) is 6.72. The summed E-state index contributed by atoms with van der Waals surface area (Å²) in [4.78, 5) is 14.2. The molecule has 1 atom stereocenters. The average molecular weight is 246 g/mol. The topological polar surface area (TPSA) is 32.3 Å². The Morgan fingerprint density at radius 3 is 2.78 bits per heavy atom. The Morgan fingerprint density at radius 2 is 2.11 bits per heavy atom. The standard InChI is InChI=1S/C15H22N2O/c1-12-5-7-14(8-6-12)16-15(18)11-17-9-3-4-13(2)10-17/h5-8,13H,3-4,9-11H2,1-2H3,(H,16,18)/t13-/m1/s1. The SMILES string of the molecule is Cc1ccc(NC(=O)CN2CCC[C@@H](C)C2)cc1. The zero-order chi connectivity index (χ0) is 13.0. The van der Waals surface area contributed by atoms with Crippen LogP contribution in [0.3, 0.4) is 0 Å². The maximum absolute atomic E-state index is 11.9. The number of likely N-dealkylation sites (tertiary alicyclic amines) is 1. The third-order valence-electron chi connectivity index (χ3n) is 3.44. The zero-order valence-corrected chi connectivity index (χ0v) is 11.3. The van der Waals surface area contributed by atoms with E-state index in [0.717, 1.165) is 18.8 Å². The number of hydrogen-bond acceptors (Lipinski definition) is 2. The van der Waals surface area contributed by atoms with E-state index in [2.05, 4.69) is 17.1 Å². The van der Waals surface area contributed by atoms with Crippen molar-refractivity contribution >= 4 is 11.6 Å². The minimum atomic E-state index is 0.0907. The van der Waals surface area contributed by atoms with Crippen LogP contribution in [0.2, 0.25) is 0 Å². The van der Waals surface area contributed by atoms with Gasteiger partial charge in [-0.15, -0.1) is 0 Å². The molecule has 0 unspecified atom stereocenters. The Bertz CT molecular complexity index is 399. The summed E-state index contributed by atoms with van der Waals surface area (Å²) in [5, 5.41) is 2.95. The van der Waals surface area contributed by atoms with Crippen LogP contribution >= 0.6 is 0 Å². The molecular weight excluding hydrogens is 224 g/mol. The fraction of sp³-hybridized carbons (Fsp3) is 0.533. The third-order valence-corrected chi connectivity index (χ3v) is 3.44. The van der Waals surface area contributed by atoms with Crippen molar-refractivity contribution in [2.24, 2.45) is 5.92 Å². The first kappa shape index (κ1) is 13.1. The molecule has 2 rings (SSSR count). The van der Waals surface area contributed by atoms with Crippen molar-refractivity contribution in [1.82, 2.24) is 4.90 Å².